The van der Waals surface area contributed by atoms with Gasteiger partial charge in [0.25, 0.3) is 0 Å². The van der Waals surface area contributed by atoms with Crippen LogP contribution in [0, 0.1) is 0 Å². The lowest BCUT2D eigenvalue weighted by Crippen LogP contribution is -2.66. The Labute approximate surface area is 390 Å². The van der Waals surface area contributed by atoms with Crippen LogP contribution >= 0.6 is 0 Å². The Morgan fingerprint density at radius 1 is 0.545 bits per heavy atom. The summed E-state index contributed by atoms with van der Waals surface area (Å²) in [5, 5.41) is 119. The van der Waals surface area contributed by atoms with Crippen LogP contribution in [0.1, 0.15) is 136 Å². The molecule has 0 spiro atoms. The van der Waals surface area contributed by atoms with Gasteiger partial charge in [-0.2, -0.15) is 0 Å². The van der Waals surface area contributed by atoms with Gasteiger partial charge in [0.05, 0.1) is 38.6 Å². The maximum atomic E-state index is 13.1. The van der Waals surface area contributed by atoms with Gasteiger partial charge < -0.3 is 89.9 Å². The first kappa shape index (κ1) is 58.6. The molecule has 3 aliphatic rings. The van der Waals surface area contributed by atoms with E-state index in [-0.39, 0.29) is 18.9 Å². The van der Waals surface area contributed by atoms with Crippen LogP contribution < -0.4 is 5.32 Å². The van der Waals surface area contributed by atoms with Crippen LogP contribution in [0.2, 0.25) is 0 Å². The predicted molar refractivity (Wildman–Crippen MR) is 240 cm³/mol. The molecule has 0 aromatic carbocycles. The molecule has 386 valence electrons. The number of nitrogens with one attached hydrogen (secondary N) is 1. The van der Waals surface area contributed by atoms with Crippen LogP contribution in [0.5, 0.6) is 0 Å². The highest BCUT2D eigenvalue weighted by molar-refractivity contribution is 5.76. The molecule has 3 fully saturated rings. The third kappa shape index (κ3) is 19.2. The number of allylic oxidation sites excluding steroid dienone is 4. The Balaban J connectivity index is 1.53. The lowest BCUT2D eigenvalue weighted by atomic mass is 9.96. The van der Waals surface area contributed by atoms with Crippen LogP contribution in [-0.2, 0) is 33.2 Å². The number of aliphatic hydroxyl groups excluding tert-OH is 11. The summed E-state index contributed by atoms with van der Waals surface area (Å²) >= 11 is 0. The molecule has 1 amide bonds. The molecule has 0 aromatic rings. The molecular formula is C47H85NO18. The average molecular weight is 952 g/mol. The lowest BCUT2D eigenvalue weighted by molar-refractivity contribution is -0.379. The van der Waals surface area contributed by atoms with Gasteiger partial charge in [-0.1, -0.05) is 109 Å². The van der Waals surface area contributed by atoms with Crippen LogP contribution in [0.25, 0.3) is 0 Å². The zero-order valence-corrected chi connectivity index (χ0v) is 39.2. The molecule has 3 heterocycles. The van der Waals surface area contributed by atoms with Gasteiger partial charge in [0.15, 0.2) is 18.9 Å². The second-order valence-corrected chi connectivity index (χ2v) is 17.9. The van der Waals surface area contributed by atoms with Gasteiger partial charge in [-0.25, -0.2) is 0 Å². The highest BCUT2D eigenvalue weighted by atomic mass is 16.8. The number of amides is 1. The van der Waals surface area contributed by atoms with Crippen LogP contribution in [0.4, 0.5) is 0 Å². The normalized spacial score (nSPS) is 34.0. The van der Waals surface area contributed by atoms with Crippen molar-refractivity contribution in [1.82, 2.24) is 5.32 Å². The summed E-state index contributed by atoms with van der Waals surface area (Å²) in [6.45, 7) is 1.62. The molecule has 17 unspecified atom stereocenters. The fraction of sp³-hybridized carbons (Fsp3) is 0.894. The van der Waals surface area contributed by atoms with E-state index in [0.717, 1.165) is 83.5 Å². The maximum absolute atomic E-state index is 13.1. The molecule has 17 atom stereocenters. The Morgan fingerprint density at radius 2 is 1.00 bits per heavy atom. The number of aliphatic hydroxyl groups is 11. The zero-order chi connectivity index (χ0) is 48.4. The molecule has 0 bridgehead atoms. The van der Waals surface area contributed by atoms with Crippen molar-refractivity contribution in [2.45, 2.75) is 240 Å². The summed E-state index contributed by atoms with van der Waals surface area (Å²) < 4.78 is 34.0. The minimum absolute atomic E-state index is 0.249. The van der Waals surface area contributed by atoms with Crippen LogP contribution in [0.15, 0.2) is 24.3 Å². The molecule has 66 heavy (non-hydrogen) atoms. The minimum Gasteiger partial charge on any atom is -0.394 e. The first-order chi connectivity index (χ1) is 31.8. The molecule has 3 rings (SSSR count). The Morgan fingerprint density at radius 3 is 1.58 bits per heavy atom. The van der Waals surface area contributed by atoms with E-state index in [4.69, 9.17) is 28.4 Å². The van der Waals surface area contributed by atoms with E-state index in [1.807, 2.05) is 0 Å². The molecule has 0 radical (unpaired) electrons. The van der Waals surface area contributed by atoms with Crippen molar-refractivity contribution < 1.29 is 89.4 Å². The van der Waals surface area contributed by atoms with E-state index >= 15 is 0 Å². The topological polar surface area (TPSA) is 307 Å². The molecule has 3 aliphatic heterocycles. The summed E-state index contributed by atoms with van der Waals surface area (Å²) in [4.78, 5) is 13.1. The molecular weight excluding hydrogens is 867 g/mol. The van der Waals surface area contributed by atoms with Crippen LogP contribution in [-0.4, -0.2) is 193 Å². The SMILES string of the molecule is CCCCC/C=C\C/C=C\CCCCCCCC(=O)NC(COC1OC(CO)C(OC2OC(CO)C(OC3OC(CO)C(O)C(O)C3O)C(O)C2O)C(O)C1O)C(O)CCCCCCCC. The third-order valence-electron chi connectivity index (χ3n) is 12.5. The van der Waals surface area contributed by atoms with Crippen molar-refractivity contribution >= 4 is 5.91 Å². The standard InChI is InChI=1S/C47H85NO18/c1-3-5-7-9-11-12-13-14-15-16-17-18-19-21-23-25-35(53)48-30(31(52)24-22-20-10-8-6-4-2)29-61-45-41(59)38(56)43(33(27-50)63-45)66-47-42(60)39(57)44(34(28-51)64-47)65-46-40(58)37(55)36(54)32(26-49)62-46/h11-12,14-15,30-34,36-47,49-52,54-60H,3-10,13,16-29H2,1-2H3,(H,48,53)/b12-11-,15-14-. The van der Waals surface area contributed by atoms with E-state index in [0.29, 0.717) is 12.8 Å². The largest absolute Gasteiger partial charge is 0.394 e. The fourth-order valence-corrected chi connectivity index (χ4v) is 8.34. The average Bonchev–Trinajstić information content (AvgIpc) is 3.31. The van der Waals surface area contributed by atoms with Crippen molar-refractivity contribution in [3.8, 4) is 0 Å². The molecule has 0 aromatic heterocycles. The molecule has 19 nitrogen and oxygen atoms in total. The van der Waals surface area contributed by atoms with Crippen LogP contribution in [0.3, 0.4) is 0 Å². The van der Waals surface area contributed by atoms with Crippen molar-refractivity contribution in [3.05, 3.63) is 24.3 Å². The van der Waals surface area contributed by atoms with E-state index < -0.39 is 124 Å². The van der Waals surface area contributed by atoms with E-state index in [1.54, 1.807) is 0 Å². The van der Waals surface area contributed by atoms with E-state index in [9.17, 15) is 61.0 Å². The predicted octanol–water partition coefficient (Wildman–Crippen LogP) is 0.861. The summed E-state index contributed by atoms with van der Waals surface area (Å²) in [6, 6.07) is -0.888. The second kappa shape index (κ2) is 33.0. The smallest absolute Gasteiger partial charge is 0.220 e. The molecule has 12 N–H and O–H groups in total. The van der Waals surface area contributed by atoms with Crippen molar-refractivity contribution in [1.29, 1.82) is 0 Å². The number of unbranched alkanes of at least 4 members (excludes halogenated alkanes) is 13. The van der Waals surface area contributed by atoms with Gasteiger partial charge in [0.2, 0.25) is 5.91 Å². The summed E-state index contributed by atoms with van der Waals surface area (Å²) in [7, 11) is 0. The van der Waals surface area contributed by atoms with Gasteiger partial charge in [-0.15, -0.1) is 0 Å². The highest BCUT2D eigenvalue weighted by Crippen LogP contribution is 2.33. The van der Waals surface area contributed by atoms with Crippen molar-refractivity contribution in [3.63, 3.8) is 0 Å². The van der Waals surface area contributed by atoms with E-state index in [2.05, 4.69) is 43.5 Å². The van der Waals surface area contributed by atoms with E-state index in [1.165, 1.54) is 19.3 Å². The monoisotopic (exact) mass is 952 g/mol. The number of ether oxygens (including phenoxy) is 6. The molecule has 19 heteroatoms. The quantitative estimate of drug-likeness (QED) is 0.0321. The van der Waals surface area contributed by atoms with Gasteiger partial charge in [-0.05, 0) is 44.9 Å². The number of carbonyl (C=O) groups is 1. The summed E-state index contributed by atoms with van der Waals surface area (Å²) in [6.07, 6.45) is 0.528. The second-order valence-electron chi connectivity index (χ2n) is 17.9. The summed E-state index contributed by atoms with van der Waals surface area (Å²) in [5.41, 5.74) is 0. The first-order valence-electron chi connectivity index (χ1n) is 24.6. The number of hydrogen-bond acceptors (Lipinski definition) is 18. The highest BCUT2D eigenvalue weighted by Gasteiger charge is 2.53. The number of carbonyl (C=O) groups excluding carboxylic acids is 1. The molecule has 0 saturated carbocycles. The van der Waals surface area contributed by atoms with Gasteiger partial charge in [0, 0.05) is 6.42 Å². The zero-order valence-electron chi connectivity index (χ0n) is 39.2. The fourth-order valence-electron chi connectivity index (χ4n) is 8.34. The lowest BCUT2D eigenvalue weighted by Gasteiger charge is -2.48. The molecule has 3 saturated heterocycles. The van der Waals surface area contributed by atoms with Crippen molar-refractivity contribution in [2.75, 3.05) is 26.4 Å². The van der Waals surface area contributed by atoms with Crippen molar-refractivity contribution in [2.24, 2.45) is 0 Å². The van der Waals surface area contributed by atoms with Gasteiger partial charge >= 0.3 is 0 Å². The van der Waals surface area contributed by atoms with Gasteiger partial charge in [-0.3, -0.25) is 4.79 Å². The van der Waals surface area contributed by atoms with Gasteiger partial charge in [0.1, 0.15) is 73.2 Å². The first-order valence-corrected chi connectivity index (χ1v) is 24.6. The number of hydrogen-bond donors (Lipinski definition) is 12. The number of rotatable bonds is 33. The Hall–Kier alpha value is -1.73. The maximum Gasteiger partial charge on any atom is 0.220 e. The third-order valence-corrected chi connectivity index (χ3v) is 12.5. The Kier molecular flexibility index (Phi) is 29.3. The summed E-state index contributed by atoms with van der Waals surface area (Å²) in [5.74, 6) is -0.265. The Bertz CT molecular complexity index is 1330. The minimum atomic E-state index is -1.97. The molecule has 0 aliphatic carbocycles.